The number of carbonyl (C=O) groups is 1. The Labute approximate surface area is 147 Å². The molecule has 1 aromatic carbocycles. The van der Waals surface area contributed by atoms with Gasteiger partial charge in [0.05, 0.1) is 6.20 Å². The highest BCUT2D eigenvalue weighted by molar-refractivity contribution is 9.10. The van der Waals surface area contributed by atoms with E-state index in [4.69, 9.17) is 5.26 Å². The molecule has 1 amide bonds. The van der Waals surface area contributed by atoms with Crippen LogP contribution in [0.3, 0.4) is 0 Å². The topological polar surface area (TPSA) is 105 Å². The quantitative estimate of drug-likeness (QED) is 0.827. The Hall–Kier alpha value is -2.18. The highest BCUT2D eigenvalue weighted by Gasteiger charge is 2.45. The largest absolute Gasteiger partial charge is 0.282 e. The van der Waals surface area contributed by atoms with Gasteiger partial charge in [-0.2, -0.15) is 18.8 Å². The van der Waals surface area contributed by atoms with E-state index in [2.05, 4.69) is 25.8 Å². The third kappa shape index (κ3) is 3.07. The Morgan fingerprint density at radius 3 is 2.71 bits per heavy atom. The van der Waals surface area contributed by atoms with E-state index in [9.17, 15) is 13.2 Å². The lowest BCUT2D eigenvalue weighted by molar-refractivity contribution is -0.120. The summed E-state index contributed by atoms with van der Waals surface area (Å²) < 4.78 is 28.8. The van der Waals surface area contributed by atoms with Crippen molar-refractivity contribution in [3.05, 3.63) is 46.1 Å². The fourth-order valence-electron chi connectivity index (χ4n) is 2.64. The summed E-state index contributed by atoms with van der Waals surface area (Å²) in [6, 6.07) is 9.34. The van der Waals surface area contributed by atoms with Crippen molar-refractivity contribution < 1.29 is 13.2 Å². The Kier molecular flexibility index (Phi) is 4.19. The molecular weight excluding hydrogens is 396 g/mol. The second-order valence-corrected chi connectivity index (χ2v) is 8.08. The molecule has 3 rings (SSSR count). The van der Waals surface area contributed by atoms with E-state index in [1.54, 1.807) is 6.07 Å². The second kappa shape index (κ2) is 6.03. The maximum atomic E-state index is 12.4. The highest BCUT2D eigenvalue weighted by atomic mass is 79.9. The maximum Gasteiger partial charge on any atom is 0.282 e. The van der Waals surface area contributed by atoms with E-state index in [1.165, 1.54) is 7.05 Å². The predicted molar refractivity (Wildman–Crippen MR) is 88.2 cm³/mol. The molecular formula is C15H13BrN4O3S. The van der Waals surface area contributed by atoms with Gasteiger partial charge in [0, 0.05) is 17.4 Å². The van der Waals surface area contributed by atoms with Gasteiger partial charge in [-0.25, -0.2) is 4.72 Å². The van der Waals surface area contributed by atoms with Gasteiger partial charge < -0.3 is 0 Å². The van der Waals surface area contributed by atoms with Crippen LogP contribution in [0.2, 0.25) is 0 Å². The van der Waals surface area contributed by atoms with Crippen molar-refractivity contribution in [2.45, 2.75) is 17.4 Å². The number of aromatic nitrogens is 2. The average Bonchev–Trinajstić information content (AvgIpc) is 3.23. The first-order valence-corrected chi connectivity index (χ1v) is 9.35. The molecule has 0 saturated heterocycles. The maximum absolute atomic E-state index is 12.4. The van der Waals surface area contributed by atoms with Gasteiger partial charge in [0.25, 0.3) is 10.0 Å². The van der Waals surface area contributed by atoms with E-state index in [-0.39, 0.29) is 22.4 Å². The van der Waals surface area contributed by atoms with Crippen molar-refractivity contribution in [2.24, 2.45) is 13.0 Å². The van der Waals surface area contributed by atoms with Crippen LogP contribution in [0.1, 0.15) is 23.5 Å². The predicted octanol–water partition coefficient (Wildman–Crippen LogP) is 1.66. The van der Waals surface area contributed by atoms with Crippen LogP contribution in [0.5, 0.6) is 0 Å². The number of nitrogens with one attached hydrogen (secondary N) is 1. The van der Waals surface area contributed by atoms with Crippen LogP contribution in [-0.4, -0.2) is 24.1 Å². The molecule has 1 N–H and O–H groups in total. The molecule has 0 radical (unpaired) electrons. The van der Waals surface area contributed by atoms with Gasteiger partial charge in [-0.15, -0.1) is 0 Å². The van der Waals surface area contributed by atoms with Gasteiger partial charge in [-0.3, -0.25) is 9.48 Å². The standard InChI is InChI=1S/C15H13BrN4O3S/c1-20-15(10(7-17)8-18-20)24(22,23)19-14(21)13-6-12(13)9-2-4-11(16)5-3-9/h2-5,8,12-13H,6H2,1H3,(H,19,21)/t12-,13+/m0/s1. The van der Waals surface area contributed by atoms with Crippen molar-refractivity contribution in [3.63, 3.8) is 0 Å². The van der Waals surface area contributed by atoms with Crippen LogP contribution >= 0.6 is 15.9 Å². The van der Waals surface area contributed by atoms with Crippen molar-refractivity contribution in [1.82, 2.24) is 14.5 Å². The summed E-state index contributed by atoms with van der Waals surface area (Å²) in [7, 11) is -2.73. The molecule has 1 aromatic heterocycles. The summed E-state index contributed by atoms with van der Waals surface area (Å²) in [6.45, 7) is 0. The van der Waals surface area contributed by atoms with Gasteiger partial charge in [0.1, 0.15) is 11.6 Å². The SMILES string of the molecule is Cn1ncc(C#N)c1S(=O)(=O)NC(=O)[C@@H]1C[C@H]1c1ccc(Br)cc1. The number of nitrogens with zero attached hydrogens (tertiary/aromatic N) is 3. The number of rotatable bonds is 4. The summed E-state index contributed by atoms with van der Waals surface area (Å²) >= 11 is 3.35. The van der Waals surface area contributed by atoms with Gasteiger partial charge in [-0.1, -0.05) is 28.1 Å². The molecule has 1 saturated carbocycles. The minimum atomic E-state index is -4.14. The summed E-state index contributed by atoms with van der Waals surface area (Å²) in [5.74, 6) is -0.942. The average molecular weight is 409 g/mol. The van der Waals surface area contributed by atoms with Crippen LogP contribution in [0.25, 0.3) is 0 Å². The van der Waals surface area contributed by atoms with Gasteiger partial charge >= 0.3 is 0 Å². The van der Waals surface area contributed by atoms with Crippen molar-refractivity contribution in [2.75, 3.05) is 0 Å². The number of carbonyl (C=O) groups excluding carboxylic acids is 1. The zero-order chi connectivity index (χ0) is 17.5. The molecule has 1 aliphatic rings. The lowest BCUT2D eigenvalue weighted by Crippen LogP contribution is -2.33. The molecule has 2 aromatic rings. The molecule has 7 nitrogen and oxygen atoms in total. The third-order valence-corrected chi connectivity index (χ3v) is 5.91. The molecule has 1 aliphatic carbocycles. The monoisotopic (exact) mass is 408 g/mol. The minimum absolute atomic E-state index is 0.00951. The first kappa shape index (κ1) is 16.7. The first-order chi connectivity index (χ1) is 11.3. The minimum Gasteiger partial charge on any atom is -0.274 e. The molecule has 124 valence electrons. The fraction of sp³-hybridized carbons (Fsp3) is 0.267. The van der Waals surface area contributed by atoms with Crippen LogP contribution in [0.4, 0.5) is 0 Å². The number of hydrogen-bond donors (Lipinski definition) is 1. The number of benzene rings is 1. The smallest absolute Gasteiger partial charge is 0.274 e. The Bertz CT molecular complexity index is 944. The molecule has 24 heavy (non-hydrogen) atoms. The van der Waals surface area contributed by atoms with Gasteiger partial charge in [-0.05, 0) is 30.0 Å². The van der Waals surface area contributed by atoms with E-state index in [1.807, 2.05) is 24.3 Å². The number of sulfonamides is 1. The van der Waals surface area contributed by atoms with Crippen molar-refractivity contribution in [3.8, 4) is 6.07 Å². The molecule has 0 bridgehead atoms. The number of hydrogen-bond acceptors (Lipinski definition) is 5. The lowest BCUT2D eigenvalue weighted by Gasteiger charge is -2.07. The normalized spacial score (nSPS) is 19.5. The van der Waals surface area contributed by atoms with Gasteiger partial charge in [0.15, 0.2) is 5.03 Å². The van der Waals surface area contributed by atoms with E-state index >= 15 is 0 Å². The first-order valence-electron chi connectivity index (χ1n) is 7.07. The van der Waals surface area contributed by atoms with Crippen molar-refractivity contribution in [1.29, 1.82) is 5.26 Å². The van der Waals surface area contributed by atoms with Crippen LogP contribution in [0, 0.1) is 17.2 Å². The third-order valence-electron chi connectivity index (χ3n) is 3.92. The Morgan fingerprint density at radius 2 is 2.08 bits per heavy atom. The summed E-state index contributed by atoms with van der Waals surface area (Å²) in [5.41, 5.74) is 0.895. The molecule has 1 fully saturated rings. The fourth-order valence-corrected chi connectivity index (χ4v) is 4.20. The van der Waals surface area contributed by atoms with Crippen LogP contribution in [-0.2, 0) is 21.9 Å². The summed E-state index contributed by atoms with van der Waals surface area (Å²) in [4.78, 5) is 12.3. The number of nitriles is 1. The van der Waals surface area contributed by atoms with Crippen LogP contribution < -0.4 is 4.72 Å². The molecule has 9 heteroatoms. The van der Waals surface area contributed by atoms with E-state index in [0.29, 0.717) is 6.42 Å². The number of aryl methyl sites for hydroxylation is 1. The zero-order valence-electron chi connectivity index (χ0n) is 12.6. The molecule has 1 heterocycles. The second-order valence-electron chi connectivity index (χ2n) is 5.57. The lowest BCUT2D eigenvalue weighted by atomic mass is 10.1. The Balaban J connectivity index is 1.75. The molecule has 0 unspecified atom stereocenters. The zero-order valence-corrected chi connectivity index (χ0v) is 15.0. The number of amides is 1. The molecule has 2 atom stereocenters. The van der Waals surface area contributed by atoms with E-state index < -0.39 is 15.9 Å². The van der Waals surface area contributed by atoms with Crippen molar-refractivity contribution >= 4 is 31.9 Å². The van der Waals surface area contributed by atoms with Gasteiger partial charge in [0.2, 0.25) is 5.91 Å². The Morgan fingerprint density at radius 1 is 1.42 bits per heavy atom. The highest BCUT2D eigenvalue weighted by Crippen LogP contribution is 2.47. The number of halogens is 1. The molecule has 0 spiro atoms. The van der Waals surface area contributed by atoms with Crippen LogP contribution in [0.15, 0.2) is 40.0 Å². The summed E-state index contributed by atoms with van der Waals surface area (Å²) in [5, 5.41) is 12.4. The summed E-state index contributed by atoms with van der Waals surface area (Å²) in [6.07, 6.45) is 1.75. The van der Waals surface area contributed by atoms with E-state index in [0.717, 1.165) is 20.9 Å². The molecule has 0 aliphatic heterocycles.